The predicted molar refractivity (Wildman–Crippen MR) is 67.1 cm³/mol. The third kappa shape index (κ3) is 2.78. The Labute approximate surface area is 109 Å². The van der Waals surface area contributed by atoms with Gasteiger partial charge >= 0.3 is 5.69 Å². The molecule has 2 rings (SSSR count). The Morgan fingerprint density at radius 3 is 2.95 bits per heavy atom. The lowest BCUT2D eigenvalue weighted by Crippen LogP contribution is -2.37. The zero-order valence-electron chi connectivity index (χ0n) is 11.0. The number of ether oxygens (including phenoxy) is 2. The topological polar surface area (TPSA) is 93.5 Å². The summed E-state index contributed by atoms with van der Waals surface area (Å²) in [4.78, 5) is 25.4. The number of rotatable bonds is 4. The average molecular weight is 270 g/mol. The number of aliphatic hydroxyl groups is 1. The molecule has 7 heteroatoms. The molecule has 1 aromatic rings. The van der Waals surface area contributed by atoms with Gasteiger partial charge in [0, 0.05) is 24.8 Å². The fourth-order valence-corrected chi connectivity index (χ4v) is 2.22. The minimum atomic E-state index is -0.625. The van der Waals surface area contributed by atoms with Gasteiger partial charge in [-0.25, -0.2) is 4.79 Å². The van der Waals surface area contributed by atoms with Gasteiger partial charge in [-0.1, -0.05) is 0 Å². The molecule has 0 bridgehead atoms. The van der Waals surface area contributed by atoms with Gasteiger partial charge in [-0.2, -0.15) is 0 Å². The molecule has 1 aromatic heterocycles. The van der Waals surface area contributed by atoms with Crippen molar-refractivity contribution in [3.8, 4) is 0 Å². The van der Waals surface area contributed by atoms with E-state index in [4.69, 9.17) is 14.6 Å². The van der Waals surface area contributed by atoms with Crippen molar-refractivity contribution in [3.05, 3.63) is 32.6 Å². The lowest BCUT2D eigenvalue weighted by molar-refractivity contribution is -0.0707. The van der Waals surface area contributed by atoms with Crippen molar-refractivity contribution in [3.63, 3.8) is 0 Å². The van der Waals surface area contributed by atoms with Gasteiger partial charge in [-0.05, 0) is 13.8 Å². The minimum Gasteiger partial charge on any atom is -0.394 e. The minimum absolute atomic E-state index is 0.128. The Morgan fingerprint density at radius 2 is 2.32 bits per heavy atom. The van der Waals surface area contributed by atoms with Crippen LogP contribution in [-0.2, 0) is 9.47 Å². The Hall–Kier alpha value is -1.44. The highest BCUT2D eigenvalue weighted by atomic mass is 16.6. The summed E-state index contributed by atoms with van der Waals surface area (Å²) >= 11 is 0. The van der Waals surface area contributed by atoms with Gasteiger partial charge in [0.1, 0.15) is 6.10 Å². The number of nitrogens with zero attached hydrogens (tertiary/aromatic N) is 1. The smallest absolute Gasteiger partial charge is 0.330 e. The van der Waals surface area contributed by atoms with Crippen molar-refractivity contribution < 1.29 is 14.6 Å². The lowest BCUT2D eigenvalue weighted by Gasteiger charge is -2.20. The molecular formula is C12H18N2O5. The van der Waals surface area contributed by atoms with Crippen molar-refractivity contribution in [1.82, 2.24) is 9.55 Å². The van der Waals surface area contributed by atoms with E-state index in [9.17, 15) is 9.59 Å². The first-order chi connectivity index (χ1) is 9.06. The first-order valence-corrected chi connectivity index (χ1v) is 6.26. The maximum Gasteiger partial charge on any atom is 0.330 e. The summed E-state index contributed by atoms with van der Waals surface area (Å²) in [6.07, 6.45) is 0.669. The van der Waals surface area contributed by atoms with E-state index in [-0.39, 0.29) is 18.8 Å². The van der Waals surface area contributed by atoms with Crippen LogP contribution >= 0.6 is 0 Å². The van der Waals surface area contributed by atoms with E-state index in [1.807, 2.05) is 6.92 Å². The summed E-state index contributed by atoms with van der Waals surface area (Å²) in [7, 11) is 0. The molecule has 106 valence electrons. The third-order valence-electron chi connectivity index (χ3n) is 3.15. The Balaban J connectivity index is 2.36. The van der Waals surface area contributed by atoms with Gasteiger partial charge in [0.15, 0.2) is 6.23 Å². The molecule has 2 N–H and O–H groups in total. The monoisotopic (exact) mass is 270 g/mol. The molecule has 3 atom stereocenters. The van der Waals surface area contributed by atoms with Crippen molar-refractivity contribution in [2.45, 2.75) is 38.7 Å². The van der Waals surface area contributed by atoms with Crippen LogP contribution in [0.1, 0.15) is 25.1 Å². The number of aliphatic hydroxyl groups excluding tert-OH is 1. The average Bonchev–Trinajstić information content (AvgIpc) is 2.77. The quantitative estimate of drug-likeness (QED) is 0.771. The summed E-state index contributed by atoms with van der Waals surface area (Å²) < 4.78 is 12.5. The molecule has 1 saturated heterocycles. The van der Waals surface area contributed by atoms with E-state index in [2.05, 4.69) is 4.98 Å². The van der Waals surface area contributed by atoms with Crippen LogP contribution in [0.3, 0.4) is 0 Å². The summed E-state index contributed by atoms with van der Waals surface area (Å²) in [5.74, 6) is 0. The highest BCUT2D eigenvalue weighted by Gasteiger charge is 2.37. The summed E-state index contributed by atoms with van der Waals surface area (Å²) in [6.45, 7) is 3.82. The van der Waals surface area contributed by atoms with Gasteiger partial charge in [0.25, 0.3) is 5.56 Å². The molecule has 0 unspecified atom stereocenters. The van der Waals surface area contributed by atoms with Gasteiger partial charge in [0.2, 0.25) is 0 Å². The van der Waals surface area contributed by atoms with E-state index < -0.39 is 17.5 Å². The Bertz CT molecular complexity index is 550. The van der Waals surface area contributed by atoms with Crippen LogP contribution in [0.5, 0.6) is 0 Å². The number of aryl methyl sites for hydroxylation is 1. The van der Waals surface area contributed by atoms with Crippen LogP contribution in [-0.4, -0.2) is 40.1 Å². The molecule has 1 fully saturated rings. The molecule has 2 heterocycles. The fraction of sp³-hybridized carbons (Fsp3) is 0.667. The molecule has 0 aliphatic carbocycles. The highest BCUT2D eigenvalue weighted by Crippen LogP contribution is 2.29. The number of nitrogens with one attached hydrogen (secondary N) is 1. The zero-order chi connectivity index (χ0) is 14.0. The summed E-state index contributed by atoms with van der Waals surface area (Å²) in [6, 6.07) is 0. The standard InChI is InChI=1S/C12H18N2O5/c1-3-18-9-4-8(6-15)19-11(9)14-5-7(2)10(16)13-12(14)17/h5,8-9,11,15H,3-4,6H2,1-2H3,(H,13,16,17)/t8-,9+,11+/m0/s1. The first-order valence-electron chi connectivity index (χ1n) is 6.26. The van der Waals surface area contributed by atoms with Gasteiger partial charge in [-0.15, -0.1) is 0 Å². The molecule has 0 aromatic carbocycles. The molecular weight excluding hydrogens is 252 g/mol. The van der Waals surface area contributed by atoms with Crippen molar-refractivity contribution in [2.24, 2.45) is 0 Å². The molecule has 1 aliphatic heterocycles. The highest BCUT2D eigenvalue weighted by molar-refractivity contribution is 5.02. The Kier molecular flexibility index (Phi) is 4.18. The third-order valence-corrected chi connectivity index (χ3v) is 3.15. The van der Waals surface area contributed by atoms with Crippen LogP contribution in [0.4, 0.5) is 0 Å². The van der Waals surface area contributed by atoms with Crippen molar-refractivity contribution in [2.75, 3.05) is 13.2 Å². The molecule has 0 spiro atoms. The second kappa shape index (κ2) is 5.68. The number of H-pyrrole nitrogens is 1. The van der Waals surface area contributed by atoms with Gasteiger partial charge in [0.05, 0.1) is 12.7 Å². The lowest BCUT2D eigenvalue weighted by atomic mass is 10.2. The molecule has 0 radical (unpaired) electrons. The van der Waals surface area contributed by atoms with E-state index >= 15 is 0 Å². The van der Waals surface area contributed by atoms with Crippen LogP contribution in [0.2, 0.25) is 0 Å². The number of aromatic nitrogens is 2. The second-order valence-corrected chi connectivity index (χ2v) is 4.54. The van der Waals surface area contributed by atoms with E-state index in [1.165, 1.54) is 10.8 Å². The predicted octanol–water partition coefficient (Wildman–Crippen LogP) is -0.470. The molecule has 1 aliphatic rings. The van der Waals surface area contributed by atoms with Gasteiger partial charge in [-0.3, -0.25) is 14.3 Å². The second-order valence-electron chi connectivity index (χ2n) is 4.54. The summed E-state index contributed by atoms with van der Waals surface area (Å²) in [5.41, 5.74) is -0.527. The Morgan fingerprint density at radius 1 is 1.58 bits per heavy atom. The fourth-order valence-electron chi connectivity index (χ4n) is 2.22. The van der Waals surface area contributed by atoms with Crippen LogP contribution in [0.15, 0.2) is 15.8 Å². The molecule has 0 saturated carbocycles. The largest absolute Gasteiger partial charge is 0.394 e. The van der Waals surface area contributed by atoms with Crippen LogP contribution in [0, 0.1) is 6.92 Å². The SMILES string of the molecule is CCO[C@@H]1C[C@@H](CO)O[C@H]1n1cc(C)c(=O)[nH]c1=O. The van der Waals surface area contributed by atoms with Crippen molar-refractivity contribution >= 4 is 0 Å². The van der Waals surface area contributed by atoms with Gasteiger partial charge < -0.3 is 14.6 Å². The van der Waals surface area contributed by atoms with E-state index in [0.29, 0.717) is 18.6 Å². The maximum absolute atomic E-state index is 11.8. The van der Waals surface area contributed by atoms with Crippen molar-refractivity contribution in [1.29, 1.82) is 0 Å². The molecule has 7 nitrogen and oxygen atoms in total. The first kappa shape index (κ1) is 14.0. The van der Waals surface area contributed by atoms with Crippen LogP contribution < -0.4 is 11.2 Å². The van der Waals surface area contributed by atoms with E-state index in [1.54, 1.807) is 6.92 Å². The zero-order valence-corrected chi connectivity index (χ0v) is 11.0. The summed E-state index contributed by atoms with van der Waals surface area (Å²) in [5, 5.41) is 9.16. The number of hydrogen-bond acceptors (Lipinski definition) is 5. The maximum atomic E-state index is 11.8. The number of aromatic amines is 1. The molecule has 0 amide bonds. The number of hydrogen-bond donors (Lipinski definition) is 2. The molecule has 19 heavy (non-hydrogen) atoms. The van der Waals surface area contributed by atoms with E-state index in [0.717, 1.165) is 0 Å². The van der Waals surface area contributed by atoms with Crippen LogP contribution in [0.25, 0.3) is 0 Å². The normalized spacial score (nSPS) is 26.8.